The van der Waals surface area contributed by atoms with Crippen molar-refractivity contribution < 1.29 is 5.11 Å². The van der Waals surface area contributed by atoms with Gasteiger partial charge in [0.25, 0.3) is 0 Å². The van der Waals surface area contributed by atoms with Crippen LogP contribution in [0.1, 0.15) is 37.1 Å². The van der Waals surface area contributed by atoms with Gasteiger partial charge in [0.2, 0.25) is 0 Å². The molecule has 0 fully saturated rings. The normalized spacial score (nSPS) is 15.6. The smallest absolute Gasteiger partial charge is 0.0687 e. The summed E-state index contributed by atoms with van der Waals surface area (Å²) in [7, 11) is 0. The van der Waals surface area contributed by atoms with E-state index in [2.05, 4.69) is 31.8 Å². The lowest BCUT2D eigenvalue weighted by atomic mass is 9.92. The van der Waals surface area contributed by atoms with E-state index in [1.54, 1.807) is 0 Å². The highest BCUT2D eigenvalue weighted by molar-refractivity contribution is 5.85. The SMILES string of the molecule is Cc1ccnc(C)c1C1=CCC(C(C)C)=C1CO. The largest absolute Gasteiger partial charge is 0.392 e. The molecule has 96 valence electrons. The number of hydrogen-bond donors (Lipinski definition) is 1. The third kappa shape index (κ3) is 2.13. The summed E-state index contributed by atoms with van der Waals surface area (Å²) in [5.74, 6) is 0.484. The van der Waals surface area contributed by atoms with Crippen LogP contribution in [0, 0.1) is 19.8 Å². The van der Waals surface area contributed by atoms with E-state index < -0.39 is 0 Å². The number of nitrogens with zero attached hydrogens (tertiary/aromatic N) is 1. The molecule has 18 heavy (non-hydrogen) atoms. The van der Waals surface area contributed by atoms with Gasteiger partial charge in [-0.25, -0.2) is 0 Å². The maximum Gasteiger partial charge on any atom is 0.0687 e. The van der Waals surface area contributed by atoms with Crippen LogP contribution < -0.4 is 0 Å². The lowest BCUT2D eigenvalue weighted by Crippen LogP contribution is -2.03. The maximum atomic E-state index is 9.68. The Labute approximate surface area is 109 Å². The number of pyridine rings is 1. The van der Waals surface area contributed by atoms with E-state index in [1.165, 1.54) is 22.3 Å². The Morgan fingerprint density at radius 3 is 2.61 bits per heavy atom. The molecule has 0 spiro atoms. The summed E-state index contributed by atoms with van der Waals surface area (Å²) in [6.45, 7) is 8.63. The van der Waals surface area contributed by atoms with E-state index in [0.717, 1.165) is 17.7 Å². The molecule has 0 bridgehead atoms. The summed E-state index contributed by atoms with van der Waals surface area (Å²) in [5.41, 5.74) is 7.10. The van der Waals surface area contributed by atoms with Crippen LogP contribution in [0.4, 0.5) is 0 Å². The van der Waals surface area contributed by atoms with E-state index in [1.807, 2.05) is 19.2 Å². The zero-order valence-corrected chi connectivity index (χ0v) is 11.6. The van der Waals surface area contributed by atoms with E-state index in [9.17, 15) is 5.11 Å². The van der Waals surface area contributed by atoms with Gasteiger partial charge in [-0.1, -0.05) is 25.5 Å². The van der Waals surface area contributed by atoms with Crippen LogP contribution in [0.2, 0.25) is 0 Å². The van der Waals surface area contributed by atoms with Crippen molar-refractivity contribution in [3.05, 3.63) is 46.3 Å². The molecule has 1 aliphatic rings. The second-order valence-electron chi connectivity index (χ2n) is 5.23. The predicted octanol–water partition coefficient (Wildman–Crippen LogP) is 3.43. The highest BCUT2D eigenvalue weighted by atomic mass is 16.3. The van der Waals surface area contributed by atoms with Crippen molar-refractivity contribution >= 4 is 5.57 Å². The van der Waals surface area contributed by atoms with Crippen LogP contribution in [0.3, 0.4) is 0 Å². The standard InChI is InChI=1S/C16H21NO/c1-10(2)13-5-6-14(15(13)9-18)16-11(3)7-8-17-12(16)4/h6-8,10,18H,5,9H2,1-4H3. The topological polar surface area (TPSA) is 33.1 Å². The molecule has 0 aliphatic heterocycles. The average molecular weight is 243 g/mol. The molecular formula is C16H21NO. The number of allylic oxidation sites excluding steroid dienone is 2. The lowest BCUT2D eigenvalue weighted by molar-refractivity contribution is 0.334. The van der Waals surface area contributed by atoms with Gasteiger partial charge in [0.15, 0.2) is 0 Å². The minimum atomic E-state index is 0.118. The molecule has 0 radical (unpaired) electrons. The van der Waals surface area contributed by atoms with Crippen LogP contribution in [0.25, 0.3) is 5.57 Å². The first kappa shape index (κ1) is 13.0. The lowest BCUT2D eigenvalue weighted by Gasteiger charge is -2.15. The Balaban J connectivity index is 2.53. The highest BCUT2D eigenvalue weighted by Crippen LogP contribution is 2.38. The number of aliphatic hydroxyl groups is 1. The van der Waals surface area contributed by atoms with E-state index in [4.69, 9.17) is 0 Å². The van der Waals surface area contributed by atoms with Crippen LogP contribution in [0.5, 0.6) is 0 Å². The molecule has 1 heterocycles. The van der Waals surface area contributed by atoms with Crippen molar-refractivity contribution in [2.75, 3.05) is 6.61 Å². The second kappa shape index (κ2) is 5.07. The molecule has 0 aromatic carbocycles. The van der Waals surface area contributed by atoms with Crippen LogP contribution in [-0.2, 0) is 0 Å². The minimum absolute atomic E-state index is 0.118. The quantitative estimate of drug-likeness (QED) is 0.882. The van der Waals surface area contributed by atoms with Crippen molar-refractivity contribution in [3.63, 3.8) is 0 Å². The van der Waals surface area contributed by atoms with Crippen molar-refractivity contribution in [3.8, 4) is 0 Å². The van der Waals surface area contributed by atoms with Crippen molar-refractivity contribution in [2.45, 2.75) is 34.1 Å². The zero-order valence-electron chi connectivity index (χ0n) is 11.6. The van der Waals surface area contributed by atoms with Crippen LogP contribution >= 0.6 is 0 Å². The summed E-state index contributed by atoms with van der Waals surface area (Å²) in [4.78, 5) is 4.38. The molecule has 2 rings (SSSR count). The molecule has 0 amide bonds. The van der Waals surface area contributed by atoms with Gasteiger partial charge in [0.1, 0.15) is 0 Å². The fourth-order valence-electron chi connectivity index (χ4n) is 2.76. The van der Waals surface area contributed by atoms with Gasteiger partial charge in [-0.2, -0.15) is 0 Å². The van der Waals surface area contributed by atoms with E-state index >= 15 is 0 Å². The summed E-state index contributed by atoms with van der Waals surface area (Å²) in [6, 6.07) is 2.03. The Kier molecular flexibility index (Phi) is 3.67. The fourth-order valence-corrected chi connectivity index (χ4v) is 2.76. The molecule has 1 aliphatic carbocycles. The first-order chi connectivity index (χ1) is 8.56. The third-order valence-electron chi connectivity index (χ3n) is 3.71. The van der Waals surface area contributed by atoms with Gasteiger partial charge >= 0.3 is 0 Å². The Morgan fingerprint density at radius 1 is 1.33 bits per heavy atom. The third-order valence-corrected chi connectivity index (χ3v) is 3.71. The predicted molar refractivity (Wildman–Crippen MR) is 75.3 cm³/mol. The summed E-state index contributed by atoms with van der Waals surface area (Å²) >= 11 is 0. The average Bonchev–Trinajstić information content (AvgIpc) is 2.72. The number of aryl methyl sites for hydroxylation is 2. The Morgan fingerprint density at radius 2 is 2.06 bits per heavy atom. The van der Waals surface area contributed by atoms with Crippen LogP contribution in [-0.4, -0.2) is 16.7 Å². The van der Waals surface area contributed by atoms with Gasteiger partial charge in [-0.3, -0.25) is 4.98 Å². The van der Waals surface area contributed by atoms with Crippen molar-refractivity contribution in [1.29, 1.82) is 0 Å². The molecule has 0 saturated heterocycles. The molecule has 2 nitrogen and oxygen atoms in total. The number of aromatic nitrogens is 1. The van der Waals surface area contributed by atoms with Gasteiger partial charge in [0.05, 0.1) is 6.61 Å². The van der Waals surface area contributed by atoms with E-state index in [0.29, 0.717) is 5.92 Å². The summed E-state index contributed by atoms with van der Waals surface area (Å²) < 4.78 is 0. The van der Waals surface area contributed by atoms with Gasteiger partial charge in [-0.15, -0.1) is 0 Å². The first-order valence-electron chi connectivity index (χ1n) is 6.52. The zero-order chi connectivity index (χ0) is 13.3. The molecule has 1 N–H and O–H groups in total. The molecule has 0 atom stereocenters. The molecular weight excluding hydrogens is 222 g/mol. The molecule has 2 heteroatoms. The highest BCUT2D eigenvalue weighted by Gasteiger charge is 2.22. The minimum Gasteiger partial charge on any atom is -0.392 e. The second-order valence-corrected chi connectivity index (χ2v) is 5.23. The molecule has 1 aromatic rings. The number of rotatable bonds is 3. The Hall–Kier alpha value is -1.41. The van der Waals surface area contributed by atoms with Gasteiger partial charge in [-0.05, 0) is 49.0 Å². The molecule has 0 saturated carbocycles. The van der Waals surface area contributed by atoms with Gasteiger partial charge in [0, 0.05) is 17.5 Å². The Bertz CT molecular complexity index is 504. The summed E-state index contributed by atoms with van der Waals surface area (Å²) in [5, 5.41) is 9.68. The molecule has 1 aromatic heterocycles. The monoisotopic (exact) mass is 243 g/mol. The molecule has 0 unspecified atom stereocenters. The van der Waals surface area contributed by atoms with Crippen LogP contribution in [0.15, 0.2) is 29.5 Å². The number of hydrogen-bond acceptors (Lipinski definition) is 2. The summed E-state index contributed by atoms with van der Waals surface area (Å²) in [6.07, 6.45) is 5.03. The first-order valence-corrected chi connectivity index (χ1v) is 6.52. The van der Waals surface area contributed by atoms with Gasteiger partial charge < -0.3 is 5.11 Å². The van der Waals surface area contributed by atoms with Crippen molar-refractivity contribution in [2.24, 2.45) is 5.92 Å². The van der Waals surface area contributed by atoms with E-state index in [-0.39, 0.29) is 6.61 Å². The fraction of sp³-hybridized carbons (Fsp3) is 0.438. The maximum absolute atomic E-state index is 9.68. The van der Waals surface area contributed by atoms with Crippen molar-refractivity contribution in [1.82, 2.24) is 4.98 Å². The number of aliphatic hydroxyl groups excluding tert-OH is 1.